The topological polar surface area (TPSA) is 83.0 Å². The second-order valence-corrected chi connectivity index (χ2v) is 6.95. The van der Waals surface area contributed by atoms with Crippen LogP contribution in [0.15, 0.2) is 24.4 Å². The van der Waals surface area contributed by atoms with Crippen LogP contribution in [0.4, 0.5) is 4.79 Å². The summed E-state index contributed by atoms with van der Waals surface area (Å²) in [5, 5.41) is 9.60. The molecule has 2 heterocycles. The van der Waals surface area contributed by atoms with E-state index in [1.54, 1.807) is 27.0 Å². The molecule has 1 aliphatic rings. The van der Waals surface area contributed by atoms with Crippen LogP contribution < -0.4 is 0 Å². The molecule has 132 valence electrons. The number of amides is 1. The third kappa shape index (κ3) is 4.44. The van der Waals surface area contributed by atoms with Gasteiger partial charge in [0.25, 0.3) is 0 Å². The fraction of sp³-hybridized carbons (Fsp3) is 0.588. The molecule has 1 aromatic rings. The number of hydrogen-bond donors (Lipinski definition) is 1. The van der Waals surface area contributed by atoms with Crippen LogP contribution in [0.25, 0.3) is 0 Å². The highest BCUT2D eigenvalue weighted by Crippen LogP contribution is 2.24. The summed E-state index contributed by atoms with van der Waals surface area (Å²) < 4.78 is 5.35. The van der Waals surface area contributed by atoms with Crippen LogP contribution in [0.3, 0.4) is 0 Å². The Bertz CT molecular complexity index is 585. The number of carbonyl (C=O) groups is 2. The lowest BCUT2D eigenvalue weighted by Crippen LogP contribution is -2.58. The van der Waals surface area contributed by atoms with Gasteiger partial charge in [-0.15, -0.1) is 0 Å². The predicted octanol–water partition coefficient (Wildman–Crippen LogP) is 2.15. The number of carboxylic acids is 1. The molecule has 0 radical (unpaired) electrons. The molecule has 0 saturated carbocycles. The maximum Gasteiger partial charge on any atom is 0.410 e. The van der Waals surface area contributed by atoms with E-state index >= 15 is 0 Å². The van der Waals surface area contributed by atoms with Crippen LogP contribution >= 0.6 is 0 Å². The number of aliphatic carboxylic acids is 1. The van der Waals surface area contributed by atoms with Crippen LogP contribution in [-0.4, -0.2) is 63.2 Å². The van der Waals surface area contributed by atoms with Crippen molar-refractivity contribution in [3.63, 3.8) is 0 Å². The van der Waals surface area contributed by atoms with Gasteiger partial charge in [0.15, 0.2) is 0 Å². The molecule has 0 aromatic carbocycles. The Balaban J connectivity index is 2.11. The molecule has 0 unspecified atom stereocenters. The van der Waals surface area contributed by atoms with Gasteiger partial charge in [0.05, 0.1) is 18.3 Å². The molecule has 1 N–H and O–H groups in total. The molecule has 24 heavy (non-hydrogen) atoms. The highest BCUT2D eigenvalue weighted by atomic mass is 16.6. The van der Waals surface area contributed by atoms with Crippen LogP contribution in [0.1, 0.15) is 39.4 Å². The van der Waals surface area contributed by atoms with Crippen molar-refractivity contribution in [2.24, 2.45) is 0 Å². The molecule has 1 saturated heterocycles. The van der Waals surface area contributed by atoms with Gasteiger partial charge in [0, 0.05) is 19.3 Å². The van der Waals surface area contributed by atoms with E-state index < -0.39 is 23.7 Å². The first-order chi connectivity index (χ1) is 11.2. The molecular weight excluding hydrogens is 310 g/mol. The standard InChI is InChI=1S/C17H25N3O4/c1-12(13-7-5-6-8-18-13)20-10-9-19(11-14(20)15(21)22)16(23)24-17(2,3)4/h5-8,12,14H,9-11H2,1-4H3,(H,21,22)/t12-,14+/m0/s1. The number of pyridine rings is 1. The van der Waals surface area contributed by atoms with E-state index in [9.17, 15) is 14.7 Å². The highest BCUT2D eigenvalue weighted by Gasteiger charge is 2.38. The Morgan fingerprint density at radius 3 is 2.58 bits per heavy atom. The zero-order valence-electron chi connectivity index (χ0n) is 14.6. The van der Waals surface area contributed by atoms with Crippen molar-refractivity contribution in [1.29, 1.82) is 0 Å². The van der Waals surface area contributed by atoms with Gasteiger partial charge in [-0.2, -0.15) is 0 Å². The number of aromatic nitrogens is 1. The zero-order valence-corrected chi connectivity index (χ0v) is 14.6. The molecule has 1 amide bonds. The average molecular weight is 335 g/mol. The number of carbonyl (C=O) groups excluding carboxylic acids is 1. The van der Waals surface area contributed by atoms with Gasteiger partial charge in [-0.25, -0.2) is 4.79 Å². The summed E-state index contributed by atoms with van der Waals surface area (Å²) in [6.45, 7) is 8.28. The maximum atomic E-state index is 12.2. The highest BCUT2D eigenvalue weighted by molar-refractivity contribution is 5.76. The van der Waals surface area contributed by atoms with Gasteiger partial charge in [-0.1, -0.05) is 6.07 Å². The van der Waals surface area contributed by atoms with Crippen molar-refractivity contribution in [2.45, 2.75) is 45.4 Å². The van der Waals surface area contributed by atoms with E-state index in [1.807, 2.05) is 30.0 Å². The largest absolute Gasteiger partial charge is 0.480 e. The summed E-state index contributed by atoms with van der Waals surface area (Å²) in [6, 6.07) is 4.65. The quantitative estimate of drug-likeness (QED) is 0.911. The van der Waals surface area contributed by atoms with Gasteiger partial charge in [-0.05, 0) is 39.8 Å². The van der Waals surface area contributed by atoms with Crippen LogP contribution in [0.2, 0.25) is 0 Å². The normalized spacial score (nSPS) is 20.5. The first-order valence-corrected chi connectivity index (χ1v) is 8.06. The maximum absolute atomic E-state index is 12.2. The van der Waals surface area contributed by atoms with Crippen molar-refractivity contribution in [2.75, 3.05) is 19.6 Å². The monoisotopic (exact) mass is 335 g/mol. The second-order valence-electron chi connectivity index (χ2n) is 6.95. The molecule has 0 bridgehead atoms. The average Bonchev–Trinajstić information content (AvgIpc) is 2.52. The van der Waals surface area contributed by atoms with E-state index in [2.05, 4.69) is 4.98 Å². The first kappa shape index (κ1) is 18.2. The predicted molar refractivity (Wildman–Crippen MR) is 88.6 cm³/mol. The molecule has 1 aliphatic heterocycles. The van der Waals surface area contributed by atoms with Crippen molar-refractivity contribution in [3.05, 3.63) is 30.1 Å². The molecule has 1 aromatic heterocycles. The third-order valence-electron chi connectivity index (χ3n) is 3.97. The van der Waals surface area contributed by atoms with Gasteiger partial charge in [0.1, 0.15) is 11.6 Å². The zero-order chi connectivity index (χ0) is 17.9. The summed E-state index contributed by atoms with van der Waals surface area (Å²) >= 11 is 0. The molecule has 7 heteroatoms. The van der Waals surface area contributed by atoms with E-state index in [1.165, 1.54) is 4.90 Å². The molecule has 0 aliphatic carbocycles. The van der Waals surface area contributed by atoms with Crippen molar-refractivity contribution < 1.29 is 19.4 Å². The molecule has 2 rings (SSSR count). The van der Waals surface area contributed by atoms with Crippen LogP contribution in [0, 0.1) is 0 Å². The van der Waals surface area contributed by atoms with E-state index in [0.29, 0.717) is 13.1 Å². The lowest BCUT2D eigenvalue weighted by molar-refractivity contribution is -0.147. The SMILES string of the molecule is C[C@@H](c1ccccn1)N1CCN(C(=O)OC(C)(C)C)C[C@@H]1C(=O)O. The fourth-order valence-electron chi connectivity index (χ4n) is 2.77. The molecule has 1 fully saturated rings. The van der Waals surface area contributed by atoms with Crippen molar-refractivity contribution in [3.8, 4) is 0 Å². The lowest BCUT2D eigenvalue weighted by Gasteiger charge is -2.42. The minimum Gasteiger partial charge on any atom is -0.480 e. The number of carboxylic acid groups (broad SMARTS) is 1. The lowest BCUT2D eigenvalue weighted by atomic mass is 10.1. The Labute approximate surface area is 142 Å². The number of hydrogen-bond acceptors (Lipinski definition) is 5. The third-order valence-corrected chi connectivity index (χ3v) is 3.97. The van der Waals surface area contributed by atoms with Crippen LogP contribution in [-0.2, 0) is 9.53 Å². The summed E-state index contributed by atoms with van der Waals surface area (Å²) in [7, 11) is 0. The summed E-state index contributed by atoms with van der Waals surface area (Å²) in [4.78, 5) is 31.6. The van der Waals surface area contributed by atoms with E-state index in [-0.39, 0.29) is 12.6 Å². The van der Waals surface area contributed by atoms with Gasteiger partial charge in [0.2, 0.25) is 0 Å². The summed E-state index contributed by atoms with van der Waals surface area (Å²) in [5.74, 6) is -0.953. The Kier molecular flexibility index (Phi) is 5.43. The molecular formula is C17H25N3O4. The van der Waals surface area contributed by atoms with Gasteiger partial charge < -0.3 is 14.7 Å². The molecule has 2 atom stereocenters. The minimum atomic E-state index is -0.953. The Morgan fingerprint density at radius 1 is 1.33 bits per heavy atom. The second kappa shape index (κ2) is 7.17. The van der Waals surface area contributed by atoms with Crippen molar-refractivity contribution in [1.82, 2.24) is 14.8 Å². The first-order valence-electron chi connectivity index (χ1n) is 8.06. The number of nitrogens with zero attached hydrogens (tertiary/aromatic N) is 3. The van der Waals surface area contributed by atoms with Crippen LogP contribution in [0.5, 0.6) is 0 Å². The van der Waals surface area contributed by atoms with Crippen molar-refractivity contribution >= 4 is 12.1 Å². The van der Waals surface area contributed by atoms with Gasteiger partial charge in [-0.3, -0.25) is 14.7 Å². The summed E-state index contributed by atoms with van der Waals surface area (Å²) in [6.07, 6.45) is 1.22. The minimum absolute atomic E-state index is 0.0986. The number of ether oxygens (including phenoxy) is 1. The van der Waals surface area contributed by atoms with E-state index in [0.717, 1.165) is 5.69 Å². The fourth-order valence-corrected chi connectivity index (χ4v) is 2.77. The Morgan fingerprint density at radius 2 is 2.04 bits per heavy atom. The van der Waals surface area contributed by atoms with Gasteiger partial charge >= 0.3 is 12.1 Å². The smallest absolute Gasteiger partial charge is 0.410 e. The van der Waals surface area contributed by atoms with E-state index in [4.69, 9.17) is 4.74 Å². The number of piperazine rings is 1. The number of rotatable bonds is 3. The molecule has 7 nitrogen and oxygen atoms in total. The Hall–Kier alpha value is -2.15. The summed E-state index contributed by atoms with van der Waals surface area (Å²) in [5.41, 5.74) is 0.211. The molecule has 0 spiro atoms.